The average molecular weight is 244 g/mol. The predicted molar refractivity (Wildman–Crippen MR) is 71.5 cm³/mol. The SMILES string of the molecule is CC(C)Cc1cccc(Oc2cccc(F)c2)c1. The Hall–Kier alpha value is -1.83. The third-order valence-corrected chi connectivity index (χ3v) is 2.57. The van der Waals surface area contributed by atoms with Crippen LogP contribution in [0.1, 0.15) is 19.4 Å². The van der Waals surface area contributed by atoms with Crippen LogP contribution in [-0.4, -0.2) is 0 Å². The Bertz CT molecular complexity index is 520. The quantitative estimate of drug-likeness (QED) is 0.749. The van der Waals surface area contributed by atoms with E-state index in [9.17, 15) is 4.39 Å². The molecule has 0 spiro atoms. The van der Waals surface area contributed by atoms with Gasteiger partial charge in [-0.15, -0.1) is 0 Å². The largest absolute Gasteiger partial charge is 0.457 e. The molecule has 0 aliphatic heterocycles. The summed E-state index contributed by atoms with van der Waals surface area (Å²) in [6, 6.07) is 14.1. The summed E-state index contributed by atoms with van der Waals surface area (Å²) in [5.41, 5.74) is 1.24. The van der Waals surface area contributed by atoms with Gasteiger partial charge in [-0.2, -0.15) is 0 Å². The minimum absolute atomic E-state index is 0.286. The second-order valence-electron chi connectivity index (χ2n) is 4.80. The van der Waals surface area contributed by atoms with E-state index in [0.29, 0.717) is 11.7 Å². The molecule has 0 saturated carbocycles. The Morgan fingerprint density at radius 2 is 1.67 bits per heavy atom. The maximum Gasteiger partial charge on any atom is 0.130 e. The molecular formula is C16H17FO. The van der Waals surface area contributed by atoms with Gasteiger partial charge < -0.3 is 4.74 Å². The Balaban J connectivity index is 2.14. The van der Waals surface area contributed by atoms with Crippen LogP contribution in [0, 0.1) is 11.7 Å². The summed E-state index contributed by atoms with van der Waals surface area (Å²) in [6.07, 6.45) is 1.01. The molecule has 94 valence electrons. The minimum atomic E-state index is -0.286. The van der Waals surface area contributed by atoms with E-state index in [2.05, 4.69) is 19.9 Å². The van der Waals surface area contributed by atoms with Crippen LogP contribution in [0.5, 0.6) is 11.5 Å². The van der Waals surface area contributed by atoms with E-state index in [1.807, 2.05) is 18.2 Å². The summed E-state index contributed by atoms with van der Waals surface area (Å²) in [5.74, 6) is 1.59. The molecule has 0 amide bonds. The van der Waals surface area contributed by atoms with Crippen LogP contribution < -0.4 is 4.74 Å². The lowest BCUT2D eigenvalue weighted by molar-refractivity contribution is 0.475. The highest BCUT2D eigenvalue weighted by Crippen LogP contribution is 2.23. The van der Waals surface area contributed by atoms with E-state index in [1.165, 1.54) is 17.7 Å². The first-order valence-corrected chi connectivity index (χ1v) is 6.16. The van der Waals surface area contributed by atoms with Crippen molar-refractivity contribution in [1.29, 1.82) is 0 Å². The van der Waals surface area contributed by atoms with Gasteiger partial charge in [-0.05, 0) is 42.2 Å². The first-order valence-electron chi connectivity index (χ1n) is 6.16. The Morgan fingerprint density at radius 1 is 1.00 bits per heavy atom. The van der Waals surface area contributed by atoms with Gasteiger partial charge in [-0.1, -0.05) is 32.0 Å². The van der Waals surface area contributed by atoms with Crippen LogP contribution in [-0.2, 0) is 6.42 Å². The molecule has 2 aromatic carbocycles. The standard InChI is InChI=1S/C16H17FO/c1-12(2)9-13-5-3-7-15(10-13)18-16-8-4-6-14(17)11-16/h3-8,10-12H,9H2,1-2H3. The minimum Gasteiger partial charge on any atom is -0.457 e. The van der Waals surface area contributed by atoms with Gasteiger partial charge in [0.15, 0.2) is 0 Å². The Labute approximate surface area is 107 Å². The second kappa shape index (κ2) is 5.67. The van der Waals surface area contributed by atoms with Gasteiger partial charge >= 0.3 is 0 Å². The molecule has 0 aliphatic carbocycles. The van der Waals surface area contributed by atoms with E-state index < -0.39 is 0 Å². The molecule has 0 bridgehead atoms. The molecule has 2 heteroatoms. The van der Waals surface area contributed by atoms with Gasteiger partial charge in [0.25, 0.3) is 0 Å². The fraction of sp³-hybridized carbons (Fsp3) is 0.250. The van der Waals surface area contributed by atoms with Gasteiger partial charge in [-0.25, -0.2) is 4.39 Å². The van der Waals surface area contributed by atoms with Gasteiger partial charge in [0.05, 0.1) is 0 Å². The van der Waals surface area contributed by atoms with E-state index in [-0.39, 0.29) is 5.82 Å². The molecule has 0 unspecified atom stereocenters. The van der Waals surface area contributed by atoms with Crippen LogP contribution in [0.2, 0.25) is 0 Å². The van der Waals surface area contributed by atoms with Crippen LogP contribution in [0.25, 0.3) is 0 Å². The molecular weight excluding hydrogens is 227 g/mol. The van der Waals surface area contributed by atoms with Crippen LogP contribution >= 0.6 is 0 Å². The third-order valence-electron chi connectivity index (χ3n) is 2.57. The molecule has 0 heterocycles. The van der Waals surface area contributed by atoms with Gasteiger partial charge in [-0.3, -0.25) is 0 Å². The molecule has 2 rings (SSSR count). The van der Waals surface area contributed by atoms with Crippen molar-refractivity contribution >= 4 is 0 Å². The molecule has 0 aliphatic rings. The van der Waals surface area contributed by atoms with Crippen molar-refractivity contribution in [3.63, 3.8) is 0 Å². The van der Waals surface area contributed by atoms with Gasteiger partial charge in [0, 0.05) is 6.07 Å². The van der Waals surface area contributed by atoms with E-state index in [0.717, 1.165) is 12.2 Å². The lowest BCUT2D eigenvalue weighted by Crippen LogP contribution is -1.94. The van der Waals surface area contributed by atoms with Gasteiger partial charge in [0.1, 0.15) is 17.3 Å². The number of halogens is 1. The number of hydrogen-bond acceptors (Lipinski definition) is 1. The zero-order valence-electron chi connectivity index (χ0n) is 10.7. The van der Waals surface area contributed by atoms with Crippen molar-refractivity contribution < 1.29 is 9.13 Å². The van der Waals surface area contributed by atoms with Crippen molar-refractivity contribution in [3.05, 3.63) is 59.9 Å². The summed E-state index contributed by atoms with van der Waals surface area (Å²) in [6.45, 7) is 4.36. The molecule has 0 saturated heterocycles. The second-order valence-corrected chi connectivity index (χ2v) is 4.80. The Kier molecular flexibility index (Phi) is 3.98. The highest BCUT2D eigenvalue weighted by Gasteiger charge is 2.02. The van der Waals surface area contributed by atoms with Crippen LogP contribution in [0.3, 0.4) is 0 Å². The van der Waals surface area contributed by atoms with Crippen molar-refractivity contribution in [2.45, 2.75) is 20.3 Å². The summed E-state index contributed by atoms with van der Waals surface area (Å²) < 4.78 is 18.7. The van der Waals surface area contributed by atoms with Crippen molar-refractivity contribution in [2.75, 3.05) is 0 Å². The van der Waals surface area contributed by atoms with E-state index in [1.54, 1.807) is 12.1 Å². The van der Waals surface area contributed by atoms with Crippen molar-refractivity contribution in [2.24, 2.45) is 5.92 Å². The predicted octanol–water partition coefficient (Wildman–Crippen LogP) is 4.82. The summed E-state index contributed by atoms with van der Waals surface area (Å²) in [4.78, 5) is 0. The smallest absolute Gasteiger partial charge is 0.130 e. The number of ether oxygens (including phenoxy) is 1. The fourth-order valence-electron chi connectivity index (χ4n) is 1.87. The zero-order chi connectivity index (χ0) is 13.0. The molecule has 0 radical (unpaired) electrons. The topological polar surface area (TPSA) is 9.23 Å². The highest BCUT2D eigenvalue weighted by atomic mass is 19.1. The average Bonchev–Trinajstić information content (AvgIpc) is 2.28. The monoisotopic (exact) mass is 244 g/mol. The summed E-state index contributed by atoms with van der Waals surface area (Å²) >= 11 is 0. The number of rotatable bonds is 4. The lowest BCUT2D eigenvalue weighted by Gasteiger charge is -2.09. The molecule has 0 N–H and O–H groups in total. The molecule has 0 atom stereocenters. The molecule has 2 aromatic rings. The zero-order valence-corrected chi connectivity index (χ0v) is 10.7. The lowest BCUT2D eigenvalue weighted by atomic mass is 10.0. The maximum atomic E-state index is 13.0. The van der Waals surface area contributed by atoms with E-state index in [4.69, 9.17) is 4.74 Å². The molecule has 0 aromatic heterocycles. The summed E-state index contributed by atoms with van der Waals surface area (Å²) in [5, 5.41) is 0. The van der Waals surface area contributed by atoms with Crippen molar-refractivity contribution in [3.8, 4) is 11.5 Å². The number of benzene rings is 2. The van der Waals surface area contributed by atoms with E-state index >= 15 is 0 Å². The van der Waals surface area contributed by atoms with Crippen molar-refractivity contribution in [1.82, 2.24) is 0 Å². The van der Waals surface area contributed by atoms with Gasteiger partial charge in [0.2, 0.25) is 0 Å². The summed E-state index contributed by atoms with van der Waals surface area (Å²) in [7, 11) is 0. The Morgan fingerprint density at radius 3 is 2.33 bits per heavy atom. The molecule has 1 nitrogen and oxygen atoms in total. The maximum absolute atomic E-state index is 13.0. The molecule has 0 fully saturated rings. The fourth-order valence-corrected chi connectivity index (χ4v) is 1.87. The normalized spacial score (nSPS) is 10.7. The van der Waals surface area contributed by atoms with Crippen LogP contribution in [0.4, 0.5) is 4.39 Å². The first-order chi connectivity index (χ1) is 8.63. The molecule has 18 heavy (non-hydrogen) atoms. The third kappa shape index (κ3) is 3.59. The van der Waals surface area contributed by atoms with Crippen LogP contribution in [0.15, 0.2) is 48.5 Å². The highest BCUT2D eigenvalue weighted by molar-refractivity contribution is 5.34. The number of hydrogen-bond donors (Lipinski definition) is 0. The first kappa shape index (κ1) is 12.6.